The second-order valence-corrected chi connectivity index (χ2v) is 10.1. The molecule has 0 aromatic heterocycles. The molecule has 4 N–H and O–H groups in total. The Hall–Kier alpha value is -3.28. The molecule has 36 heavy (non-hydrogen) atoms. The first-order chi connectivity index (χ1) is 16.9. The molecule has 0 saturated carbocycles. The van der Waals surface area contributed by atoms with Crippen LogP contribution in [-0.4, -0.2) is 38.5 Å². The minimum absolute atomic E-state index is 0.00124. The van der Waals surface area contributed by atoms with Crippen molar-refractivity contribution in [3.63, 3.8) is 0 Å². The number of aliphatic hydroxyl groups is 1. The minimum atomic E-state index is -4.47. The third-order valence-electron chi connectivity index (χ3n) is 5.47. The lowest BCUT2D eigenvalue weighted by Crippen LogP contribution is -2.28. The molecule has 2 atom stereocenters. The average Bonchev–Trinajstić information content (AvgIpc) is 2.82. The summed E-state index contributed by atoms with van der Waals surface area (Å²) < 4.78 is 70.0. The van der Waals surface area contributed by atoms with E-state index in [4.69, 9.17) is 4.74 Å². The Bertz CT molecular complexity index is 1280. The molecule has 7 nitrogen and oxygen atoms in total. The molecule has 3 aromatic rings. The highest BCUT2D eigenvalue weighted by molar-refractivity contribution is 7.92. The maximum Gasteiger partial charge on any atom is 0.416 e. The van der Waals surface area contributed by atoms with Crippen LogP contribution in [0.1, 0.15) is 34.4 Å². The number of ether oxygens (including phenoxy) is 1. The molecule has 0 amide bonds. The largest absolute Gasteiger partial charge is 0.506 e. The molecule has 0 fully saturated rings. The van der Waals surface area contributed by atoms with Crippen LogP contribution in [0.15, 0.2) is 66.7 Å². The zero-order valence-corrected chi connectivity index (χ0v) is 20.4. The van der Waals surface area contributed by atoms with E-state index < -0.39 is 33.9 Å². The van der Waals surface area contributed by atoms with Gasteiger partial charge in [0.05, 0.1) is 30.7 Å². The number of hydrogen-bond acceptors (Lipinski definition) is 6. The van der Waals surface area contributed by atoms with Crippen LogP contribution in [0.2, 0.25) is 0 Å². The summed E-state index contributed by atoms with van der Waals surface area (Å²) in [4.78, 5) is 0. The number of methoxy groups -OCH3 is 1. The van der Waals surface area contributed by atoms with Gasteiger partial charge in [-0.2, -0.15) is 13.2 Å². The lowest BCUT2D eigenvalue weighted by Gasteiger charge is -2.23. The van der Waals surface area contributed by atoms with E-state index in [0.29, 0.717) is 16.9 Å². The predicted octanol–water partition coefficient (Wildman–Crippen LogP) is 4.40. The number of alkyl halides is 3. The number of phenolic OH excluding ortho intramolecular Hbond substituents is 1. The Morgan fingerprint density at radius 1 is 1.00 bits per heavy atom. The van der Waals surface area contributed by atoms with Gasteiger partial charge in [-0.25, -0.2) is 8.42 Å². The van der Waals surface area contributed by atoms with Gasteiger partial charge in [0.2, 0.25) is 10.0 Å². The number of aromatic hydroxyl groups is 1. The molecule has 0 heterocycles. The molecule has 11 heteroatoms. The predicted molar refractivity (Wildman–Crippen MR) is 130 cm³/mol. The van der Waals surface area contributed by atoms with Crippen molar-refractivity contribution in [2.45, 2.75) is 24.7 Å². The summed E-state index contributed by atoms with van der Waals surface area (Å²) in [6.45, 7) is -0.00124. The van der Waals surface area contributed by atoms with Gasteiger partial charge in [-0.3, -0.25) is 4.72 Å². The maximum atomic E-state index is 13.2. The van der Waals surface area contributed by atoms with Crippen LogP contribution in [0.4, 0.5) is 18.9 Å². The molecule has 0 radical (unpaired) electrons. The van der Waals surface area contributed by atoms with E-state index in [1.807, 2.05) is 0 Å². The first-order valence-electron chi connectivity index (χ1n) is 10.9. The zero-order valence-electron chi connectivity index (χ0n) is 19.6. The smallest absolute Gasteiger partial charge is 0.416 e. The SMILES string of the molecule is COc1ccc([C@@H](Cc2cccc(C(F)(F)F)c2)NC[C@H](O)c2ccc(O)c(NS(C)(=O)=O)c2)cc1. The monoisotopic (exact) mass is 524 g/mol. The Morgan fingerprint density at radius 2 is 1.67 bits per heavy atom. The van der Waals surface area contributed by atoms with Crippen molar-refractivity contribution in [1.29, 1.82) is 0 Å². The van der Waals surface area contributed by atoms with Crippen molar-refractivity contribution in [2.24, 2.45) is 0 Å². The van der Waals surface area contributed by atoms with Crippen LogP contribution in [0.5, 0.6) is 11.5 Å². The summed E-state index contributed by atoms with van der Waals surface area (Å²) in [5.41, 5.74) is 0.731. The van der Waals surface area contributed by atoms with E-state index in [9.17, 15) is 31.8 Å². The van der Waals surface area contributed by atoms with Crippen molar-refractivity contribution in [2.75, 3.05) is 24.6 Å². The van der Waals surface area contributed by atoms with Gasteiger partial charge >= 0.3 is 6.18 Å². The molecule has 3 rings (SSSR count). The van der Waals surface area contributed by atoms with Gasteiger partial charge in [-0.15, -0.1) is 0 Å². The highest BCUT2D eigenvalue weighted by atomic mass is 32.2. The summed E-state index contributed by atoms with van der Waals surface area (Å²) in [7, 11) is -2.13. The van der Waals surface area contributed by atoms with Gasteiger partial charge in [0.1, 0.15) is 11.5 Å². The highest BCUT2D eigenvalue weighted by Crippen LogP contribution is 2.31. The second kappa shape index (κ2) is 11.2. The van der Waals surface area contributed by atoms with Crippen LogP contribution >= 0.6 is 0 Å². The van der Waals surface area contributed by atoms with Gasteiger partial charge in [0, 0.05) is 12.6 Å². The summed E-state index contributed by atoms with van der Waals surface area (Å²) >= 11 is 0. The number of sulfonamides is 1. The van der Waals surface area contributed by atoms with E-state index in [2.05, 4.69) is 10.0 Å². The van der Waals surface area contributed by atoms with Crippen molar-refractivity contribution in [3.8, 4) is 11.5 Å². The van der Waals surface area contributed by atoms with Gasteiger partial charge < -0.3 is 20.3 Å². The topological polar surface area (TPSA) is 108 Å². The van der Waals surface area contributed by atoms with Gasteiger partial charge in [-0.1, -0.05) is 36.4 Å². The van der Waals surface area contributed by atoms with Gasteiger partial charge in [0.25, 0.3) is 0 Å². The Labute approximate surface area is 207 Å². The Morgan fingerprint density at radius 3 is 2.28 bits per heavy atom. The van der Waals surface area contributed by atoms with Crippen LogP contribution in [0.25, 0.3) is 0 Å². The van der Waals surface area contributed by atoms with E-state index in [0.717, 1.165) is 24.0 Å². The molecule has 194 valence electrons. The lowest BCUT2D eigenvalue weighted by molar-refractivity contribution is -0.137. The Kier molecular flexibility index (Phi) is 8.49. The quantitative estimate of drug-likeness (QED) is 0.293. The molecule has 0 aliphatic rings. The second-order valence-electron chi connectivity index (χ2n) is 8.30. The summed E-state index contributed by atoms with van der Waals surface area (Å²) in [6, 6.07) is 15.7. The van der Waals surface area contributed by atoms with Crippen LogP contribution in [-0.2, 0) is 22.6 Å². The third-order valence-corrected chi connectivity index (χ3v) is 6.06. The third kappa shape index (κ3) is 7.61. The van der Waals surface area contributed by atoms with E-state index >= 15 is 0 Å². The lowest BCUT2D eigenvalue weighted by atomic mass is 9.97. The maximum absolute atomic E-state index is 13.2. The Balaban J connectivity index is 1.82. The van der Waals surface area contributed by atoms with Gasteiger partial charge in [-0.05, 0) is 53.4 Å². The molecule has 0 bridgehead atoms. The number of hydrogen-bond donors (Lipinski definition) is 4. The number of halogens is 3. The van der Waals surface area contributed by atoms with Crippen molar-refractivity contribution < 1.29 is 36.5 Å². The molecular formula is C25H27F3N2O5S. The number of rotatable bonds is 10. The first kappa shape index (κ1) is 27.3. The summed E-state index contributed by atoms with van der Waals surface area (Å²) in [5.74, 6) is 0.316. The van der Waals surface area contributed by atoms with Crippen LogP contribution < -0.4 is 14.8 Å². The highest BCUT2D eigenvalue weighted by Gasteiger charge is 2.30. The number of phenols is 1. The average molecular weight is 525 g/mol. The minimum Gasteiger partial charge on any atom is -0.506 e. The van der Waals surface area contributed by atoms with E-state index in [1.165, 1.54) is 31.4 Å². The van der Waals surface area contributed by atoms with Crippen LogP contribution in [0.3, 0.4) is 0 Å². The summed E-state index contributed by atoms with van der Waals surface area (Å²) in [6.07, 6.45) is -4.43. The fraction of sp³-hybridized carbons (Fsp3) is 0.280. The van der Waals surface area contributed by atoms with E-state index in [1.54, 1.807) is 30.3 Å². The van der Waals surface area contributed by atoms with Crippen molar-refractivity contribution in [1.82, 2.24) is 5.32 Å². The summed E-state index contributed by atoms with van der Waals surface area (Å²) in [5, 5.41) is 23.8. The molecule has 0 aliphatic carbocycles. The zero-order chi connectivity index (χ0) is 26.5. The van der Waals surface area contributed by atoms with Crippen molar-refractivity contribution in [3.05, 3.63) is 89.0 Å². The molecular weight excluding hydrogens is 497 g/mol. The fourth-order valence-corrected chi connectivity index (χ4v) is 4.23. The normalized spacial score (nSPS) is 13.7. The molecule has 0 unspecified atom stereocenters. The van der Waals surface area contributed by atoms with Gasteiger partial charge in [0.15, 0.2) is 0 Å². The number of anilines is 1. The van der Waals surface area contributed by atoms with Crippen LogP contribution in [0, 0.1) is 0 Å². The fourth-order valence-electron chi connectivity index (χ4n) is 3.67. The molecule has 3 aromatic carbocycles. The van der Waals surface area contributed by atoms with Crippen molar-refractivity contribution >= 4 is 15.7 Å². The number of aliphatic hydroxyl groups excluding tert-OH is 1. The number of nitrogens with one attached hydrogen (secondary N) is 2. The molecule has 0 saturated heterocycles. The molecule has 0 aliphatic heterocycles. The number of benzene rings is 3. The first-order valence-corrected chi connectivity index (χ1v) is 12.8. The standard InChI is InChI=1S/C25H27F3N2O5S/c1-35-20-9-6-17(7-10-20)21(13-16-4-3-5-19(12-16)25(26,27)28)29-15-24(32)18-8-11-23(31)22(14-18)30-36(2,33)34/h3-12,14,21,24,29-32H,13,15H2,1-2H3/t21-,24+/m1/s1. The molecule has 0 spiro atoms. The van der Waals surface area contributed by atoms with E-state index in [-0.39, 0.29) is 24.4 Å².